The average Bonchev–Trinajstić information content (AvgIpc) is 3.56. The molecule has 1 saturated carbocycles. The number of rotatable bonds is 2. The molecule has 2 saturated heterocycles. The van der Waals surface area contributed by atoms with Gasteiger partial charge >= 0.3 is 0 Å². The first-order valence-corrected chi connectivity index (χ1v) is 11.4. The summed E-state index contributed by atoms with van der Waals surface area (Å²) >= 11 is 0. The van der Waals surface area contributed by atoms with Crippen LogP contribution in [0.3, 0.4) is 0 Å². The SMILES string of the molecule is O=C(c1ccc2n[nH]nc2c1)N1C[C@@H]2[C@H](C1)[C@H]1CN(C(=O)c3cc4ccccc4cn3)C[C@@H]21. The number of pyridine rings is 1. The number of carbonyl (C=O) groups is 2. The summed E-state index contributed by atoms with van der Waals surface area (Å²) < 4.78 is 0. The van der Waals surface area contributed by atoms with Crippen LogP contribution in [0.25, 0.3) is 21.8 Å². The molecule has 1 aliphatic carbocycles. The van der Waals surface area contributed by atoms with Crippen molar-refractivity contribution >= 4 is 33.6 Å². The number of nitrogens with zero attached hydrogens (tertiary/aromatic N) is 5. The molecule has 4 heterocycles. The Morgan fingerprint density at radius 2 is 1.39 bits per heavy atom. The first kappa shape index (κ1) is 18.7. The minimum absolute atomic E-state index is 0.0158. The zero-order valence-corrected chi connectivity index (χ0v) is 17.9. The lowest BCUT2D eigenvalue weighted by Crippen LogP contribution is -2.44. The highest BCUT2D eigenvalue weighted by Crippen LogP contribution is 2.54. The van der Waals surface area contributed by atoms with Crippen molar-refractivity contribution in [3.8, 4) is 0 Å². The minimum Gasteiger partial charge on any atom is -0.338 e. The summed E-state index contributed by atoms with van der Waals surface area (Å²) in [5, 5.41) is 12.8. The highest BCUT2D eigenvalue weighted by Gasteiger charge is 2.59. The van der Waals surface area contributed by atoms with Gasteiger partial charge in [0.1, 0.15) is 16.7 Å². The number of amides is 2. The van der Waals surface area contributed by atoms with E-state index in [0.29, 0.717) is 40.4 Å². The normalized spacial score (nSPS) is 25.8. The van der Waals surface area contributed by atoms with Crippen LogP contribution in [0, 0.1) is 23.7 Å². The molecule has 7 rings (SSSR count). The van der Waals surface area contributed by atoms with Crippen molar-refractivity contribution < 1.29 is 9.59 Å². The van der Waals surface area contributed by atoms with Gasteiger partial charge in [-0.3, -0.25) is 14.6 Å². The van der Waals surface area contributed by atoms with Crippen molar-refractivity contribution in [2.24, 2.45) is 23.7 Å². The zero-order chi connectivity index (χ0) is 22.1. The molecule has 4 atom stereocenters. The first-order chi connectivity index (χ1) is 16.2. The molecule has 33 heavy (non-hydrogen) atoms. The number of nitrogens with one attached hydrogen (secondary N) is 1. The zero-order valence-electron chi connectivity index (χ0n) is 17.9. The van der Waals surface area contributed by atoms with Crippen molar-refractivity contribution in [1.82, 2.24) is 30.2 Å². The molecular weight excluding hydrogens is 416 g/mol. The van der Waals surface area contributed by atoms with E-state index in [2.05, 4.69) is 20.4 Å². The molecular formula is C25H22N6O2. The molecule has 3 aliphatic rings. The highest BCUT2D eigenvalue weighted by atomic mass is 16.2. The van der Waals surface area contributed by atoms with Gasteiger partial charge in [0, 0.05) is 43.3 Å². The molecule has 8 nitrogen and oxygen atoms in total. The predicted molar refractivity (Wildman–Crippen MR) is 121 cm³/mol. The Labute approximate surface area is 189 Å². The van der Waals surface area contributed by atoms with Crippen LogP contribution in [-0.2, 0) is 0 Å². The standard InChI is InChI=1S/C25H22N6O2/c32-24(15-5-6-21-22(8-15)28-29-27-21)30-10-17-18(11-30)20-13-31(12-19(17)20)25(33)23-7-14-3-1-2-4-16(14)9-26-23/h1-9,17-20H,10-13H2,(H,27,28,29)/t17-,18+,19+,20-. The minimum atomic E-state index is 0.0158. The van der Waals surface area contributed by atoms with Crippen LogP contribution in [0.1, 0.15) is 20.8 Å². The average molecular weight is 438 g/mol. The fourth-order valence-corrected chi connectivity index (χ4v) is 6.22. The van der Waals surface area contributed by atoms with Crippen LogP contribution in [0.5, 0.6) is 0 Å². The van der Waals surface area contributed by atoms with E-state index in [1.165, 1.54) is 0 Å². The number of benzene rings is 2. The Hall–Kier alpha value is -3.81. The van der Waals surface area contributed by atoms with E-state index >= 15 is 0 Å². The summed E-state index contributed by atoms with van der Waals surface area (Å²) in [5.41, 5.74) is 2.63. The smallest absolute Gasteiger partial charge is 0.272 e. The van der Waals surface area contributed by atoms with E-state index in [4.69, 9.17) is 0 Å². The molecule has 0 bridgehead atoms. The number of H-pyrrole nitrogens is 1. The number of hydrogen-bond acceptors (Lipinski definition) is 5. The maximum Gasteiger partial charge on any atom is 0.272 e. The van der Waals surface area contributed by atoms with E-state index < -0.39 is 0 Å². The fourth-order valence-electron chi connectivity index (χ4n) is 6.22. The number of likely N-dealkylation sites (tertiary alicyclic amines) is 2. The Kier molecular flexibility index (Phi) is 3.88. The lowest BCUT2D eigenvalue weighted by atomic mass is 9.60. The molecule has 0 spiro atoms. The van der Waals surface area contributed by atoms with Crippen LogP contribution in [0.2, 0.25) is 0 Å². The first-order valence-electron chi connectivity index (χ1n) is 11.4. The van der Waals surface area contributed by atoms with E-state index in [0.717, 1.165) is 42.5 Å². The van der Waals surface area contributed by atoms with Gasteiger partial charge in [-0.1, -0.05) is 24.3 Å². The third-order valence-electron chi connectivity index (χ3n) is 7.91. The summed E-state index contributed by atoms with van der Waals surface area (Å²) in [6, 6.07) is 15.3. The Morgan fingerprint density at radius 1 is 0.758 bits per heavy atom. The molecule has 2 aliphatic heterocycles. The number of aromatic amines is 1. The summed E-state index contributed by atoms with van der Waals surface area (Å²) in [6.45, 7) is 3.04. The third-order valence-corrected chi connectivity index (χ3v) is 7.91. The van der Waals surface area contributed by atoms with Gasteiger partial charge in [0.05, 0.1) is 0 Å². The van der Waals surface area contributed by atoms with E-state index in [-0.39, 0.29) is 11.8 Å². The molecule has 3 fully saturated rings. The van der Waals surface area contributed by atoms with E-state index in [1.54, 1.807) is 12.3 Å². The maximum absolute atomic E-state index is 13.2. The number of carbonyl (C=O) groups excluding carboxylic acids is 2. The van der Waals surface area contributed by atoms with Gasteiger partial charge in [-0.05, 0) is 53.3 Å². The van der Waals surface area contributed by atoms with Crippen LogP contribution in [0.4, 0.5) is 0 Å². The highest BCUT2D eigenvalue weighted by molar-refractivity contribution is 5.98. The second kappa shape index (κ2) is 6.84. The van der Waals surface area contributed by atoms with Crippen molar-refractivity contribution in [2.75, 3.05) is 26.2 Å². The molecule has 2 aromatic carbocycles. The van der Waals surface area contributed by atoms with Crippen molar-refractivity contribution in [1.29, 1.82) is 0 Å². The van der Waals surface area contributed by atoms with Gasteiger partial charge in [-0.15, -0.1) is 0 Å². The number of fused-ring (bicyclic) bond motifs is 6. The maximum atomic E-state index is 13.2. The molecule has 0 radical (unpaired) electrons. The van der Waals surface area contributed by atoms with Gasteiger partial charge in [-0.25, -0.2) is 0 Å². The Morgan fingerprint density at radius 3 is 2.12 bits per heavy atom. The molecule has 164 valence electrons. The number of hydrogen-bond donors (Lipinski definition) is 1. The Bertz CT molecular complexity index is 1410. The quantitative estimate of drug-likeness (QED) is 0.519. The van der Waals surface area contributed by atoms with E-state index in [9.17, 15) is 9.59 Å². The van der Waals surface area contributed by atoms with E-state index in [1.807, 2.05) is 52.3 Å². The summed E-state index contributed by atoms with van der Waals surface area (Å²) in [7, 11) is 0. The monoisotopic (exact) mass is 438 g/mol. The summed E-state index contributed by atoms with van der Waals surface area (Å²) in [6.07, 6.45) is 1.78. The van der Waals surface area contributed by atoms with Crippen LogP contribution >= 0.6 is 0 Å². The number of aromatic nitrogens is 4. The van der Waals surface area contributed by atoms with Gasteiger partial charge < -0.3 is 9.80 Å². The second-order valence-electron chi connectivity index (χ2n) is 9.52. The largest absolute Gasteiger partial charge is 0.338 e. The Balaban J connectivity index is 1.04. The van der Waals surface area contributed by atoms with Crippen molar-refractivity contribution in [2.45, 2.75) is 0 Å². The molecule has 8 heteroatoms. The van der Waals surface area contributed by atoms with Crippen LogP contribution in [0.15, 0.2) is 54.7 Å². The van der Waals surface area contributed by atoms with Gasteiger partial charge in [-0.2, -0.15) is 15.4 Å². The second-order valence-corrected chi connectivity index (χ2v) is 9.52. The van der Waals surface area contributed by atoms with Gasteiger partial charge in [0.2, 0.25) is 0 Å². The predicted octanol–water partition coefficient (Wildman–Crippen LogP) is 2.60. The van der Waals surface area contributed by atoms with Crippen LogP contribution in [-0.4, -0.2) is 68.2 Å². The molecule has 2 amide bonds. The molecule has 0 unspecified atom stereocenters. The molecule has 4 aromatic rings. The van der Waals surface area contributed by atoms with Gasteiger partial charge in [0.25, 0.3) is 11.8 Å². The topological polar surface area (TPSA) is 95.1 Å². The summed E-state index contributed by atoms with van der Waals surface area (Å²) in [4.78, 5) is 34.6. The molecule has 2 aromatic heterocycles. The lowest BCUT2D eigenvalue weighted by molar-refractivity contribution is 0.0629. The van der Waals surface area contributed by atoms with Crippen LogP contribution < -0.4 is 0 Å². The van der Waals surface area contributed by atoms with Gasteiger partial charge in [0.15, 0.2) is 0 Å². The lowest BCUT2D eigenvalue weighted by Gasteiger charge is -2.42. The van der Waals surface area contributed by atoms with Crippen molar-refractivity contribution in [3.05, 3.63) is 66.0 Å². The molecule has 1 N–H and O–H groups in total. The fraction of sp³-hybridized carbons (Fsp3) is 0.320. The van der Waals surface area contributed by atoms with Crippen molar-refractivity contribution in [3.63, 3.8) is 0 Å². The summed E-state index contributed by atoms with van der Waals surface area (Å²) in [5.74, 6) is 1.95. The third kappa shape index (κ3) is 2.79.